The summed E-state index contributed by atoms with van der Waals surface area (Å²) >= 11 is 0. The standard InChI is InChI=1S/C7H13N3O3S/c1-4(2)9-7-5(14(3,11)12)6(8)13-10-7/h4H,8H2,1-3H3,(H,9,10). The van der Waals surface area contributed by atoms with Crippen molar-refractivity contribution in [3.05, 3.63) is 0 Å². The molecule has 0 radical (unpaired) electrons. The Morgan fingerprint density at radius 1 is 1.50 bits per heavy atom. The van der Waals surface area contributed by atoms with E-state index in [1.807, 2.05) is 13.8 Å². The van der Waals surface area contributed by atoms with E-state index in [1.54, 1.807) is 0 Å². The van der Waals surface area contributed by atoms with Crippen LogP contribution in [0.4, 0.5) is 11.7 Å². The van der Waals surface area contributed by atoms with Gasteiger partial charge >= 0.3 is 0 Å². The number of aromatic nitrogens is 1. The van der Waals surface area contributed by atoms with Gasteiger partial charge in [0, 0.05) is 12.3 Å². The van der Waals surface area contributed by atoms with Crippen molar-refractivity contribution in [2.75, 3.05) is 17.3 Å². The van der Waals surface area contributed by atoms with E-state index < -0.39 is 9.84 Å². The molecule has 0 fully saturated rings. The molecule has 0 bridgehead atoms. The Hall–Kier alpha value is -1.24. The van der Waals surface area contributed by atoms with Gasteiger partial charge in [0.15, 0.2) is 20.6 Å². The number of nitrogens with two attached hydrogens (primary N) is 1. The molecule has 0 unspecified atom stereocenters. The van der Waals surface area contributed by atoms with Gasteiger partial charge in [0.1, 0.15) is 0 Å². The van der Waals surface area contributed by atoms with Crippen molar-refractivity contribution in [1.82, 2.24) is 5.16 Å². The van der Waals surface area contributed by atoms with E-state index in [0.717, 1.165) is 6.26 Å². The van der Waals surface area contributed by atoms with Crippen LogP contribution in [0.15, 0.2) is 9.42 Å². The summed E-state index contributed by atoms with van der Waals surface area (Å²) in [6.45, 7) is 3.72. The average Bonchev–Trinajstić information content (AvgIpc) is 2.28. The number of hydrogen-bond donors (Lipinski definition) is 2. The van der Waals surface area contributed by atoms with Gasteiger partial charge in [0.25, 0.3) is 0 Å². The van der Waals surface area contributed by atoms with E-state index in [-0.39, 0.29) is 22.6 Å². The fourth-order valence-corrected chi connectivity index (χ4v) is 1.87. The van der Waals surface area contributed by atoms with E-state index in [2.05, 4.69) is 15.0 Å². The zero-order chi connectivity index (χ0) is 10.9. The fraction of sp³-hybridized carbons (Fsp3) is 0.571. The van der Waals surface area contributed by atoms with Gasteiger partial charge in [-0.1, -0.05) is 5.16 Å². The molecule has 1 rings (SSSR count). The van der Waals surface area contributed by atoms with Gasteiger partial charge in [-0.25, -0.2) is 8.42 Å². The zero-order valence-corrected chi connectivity index (χ0v) is 9.05. The smallest absolute Gasteiger partial charge is 0.243 e. The van der Waals surface area contributed by atoms with Crippen molar-refractivity contribution in [1.29, 1.82) is 0 Å². The molecule has 80 valence electrons. The van der Waals surface area contributed by atoms with Crippen molar-refractivity contribution < 1.29 is 12.9 Å². The third-order valence-corrected chi connectivity index (χ3v) is 2.61. The Kier molecular flexibility index (Phi) is 2.70. The lowest BCUT2D eigenvalue weighted by Crippen LogP contribution is -2.13. The maximum atomic E-state index is 11.3. The summed E-state index contributed by atoms with van der Waals surface area (Å²) in [5.74, 6) is -0.0179. The van der Waals surface area contributed by atoms with E-state index in [4.69, 9.17) is 5.73 Å². The summed E-state index contributed by atoms with van der Waals surface area (Å²) < 4.78 is 27.2. The molecule has 0 aromatic carbocycles. The summed E-state index contributed by atoms with van der Waals surface area (Å²) in [6.07, 6.45) is 1.06. The molecular formula is C7H13N3O3S. The van der Waals surface area contributed by atoms with Gasteiger partial charge in [0.2, 0.25) is 5.88 Å². The van der Waals surface area contributed by atoms with Crippen LogP contribution in [0.1, 0.15) is 13.8 Å². The van der Waals surface area contributed by atoms with Crippen LogP contribution in [0.3, 0.4) is 0 Å². The minimum atomic E-state index is -3.41. The first kappa shape index (κ1) is 10.8. The molecule has 0 aliphatic rings. The van der Waals surface area contributed by atoms with E-state index in [0.29, 0.717) is 0 Å². The lowest BCUT2D eigenvalue weighted by atomic mass is 10.4. The Labute approximate surface area is 82.4 Å². The lowest BCUT2D eigenvalue weighted by Gasteiger charge is -2.06. The summed E-state index contributed by atoms with van der Waals surface area (Å²) in [5, 5.41) is 6.37. The molecule has 0 atom stereocenters. The van der Waals surface area contributed by atoms with E-state index >= 15 is 0 Å². The normalized spacial score (nSPS) is 12.0. The van der Waals surface area contributed by atoms with Crippen LogP contribution >= 0.6 is 0 Å². The molecule has 0 amide bonds. The molecule has 14 heavy (non-hydrogen) atoms. The molecule has 1 heterocycles. The number of nitrogen functional groups attached to an aromatic ring is 1. The van der Waals surface area contributed by atoms with Crippen LogP contribution in [-0.4, -0.2) is 25.9 Å². The van der Waals surface area contributed by atoms with Gasteiger partial charge in [-0.15, -0.1) is 0 Å². The minimum absolute atomic E-state index is 0.0556. The number of nitrogens with zero attached hydrogens (tertiary/aromatic N) is 1. The lowest BCUT2D eigenvalue weighted by molar-refractivity contribution is 0.437. The van der Waals surface area contributed by atoms with Crippen LogP contribution in [0.5, 0.6) is 0 Å². The highest BCUT2D eigenvalue weighted by Crippen LogP contribution is 2.26. The Bertz CT molecular complexity index is 421. The molecule has 0 saturated heterocycles. The van der Waals surface area contributed by atoms with Crippen LogP contribution in [0.25, 0.3) is 0 Å². The van der Waals surface area contributed by atoms with Gasteiger partial charge < -0.3 is 15.6 Å². The maximum absolute atomic E-state index is 11.3. The predicted molar refractivity (Wildman–Crippen MR) is 52.8 cm³/mol. The number of anilines is 2. The zero-order valence-electron chi connectivity index (χ0n) is 8.23. The largest absolute Gasteiger partial charge is 0.366 e. The first-order chi connectivity index (χ1) is 6.32. The SMILES string of the molecule is CC(C)Nc1noc(N)c1S(C)(=O)=O. The Balaban J connectivity index is 3.20. The fourth-order valence-electron chi connectivity index (χ4n) is 1.02. The quantitative estimate of drug-likeness (QED) is 0.767. The van der Waals surface area contributed by atoms with Crippen LogP contribution < -0.4 is 11.1 Å². The molecule has 0 aliphatic carbocycles. The van der Waals surface area contributed by atoms with Crippen molar-refractivity contribution in [3.63, 3.8) is 0 Å². The van der Waals surface area contributed by atoms with Crippen molar-refractivity contribution in [2.24, 2.45) is 0 Å². The molecule has 0 spiro atoms. The second-order valence-electron chi connectivity index (χ2n) is 3.30. The van der Waals surface area contributed by atoms with Crippen LogP contribution in [0, 0.1) is 0 Å². The minimum Gasteiger partial charge on any atom is -0.366 e. The Morgan fingerprint density at radius 3 is 2.50 bits per heavy atom. The number of rotatable bonds is 3. The highest BCUT2D eigenvalue weighted by atomic mass is 32.2. The van der Waals surface area contributed by atoms with Gasteiger partial charge in [-0.2, -0.15) is 0 Å². The molecule has 6 nitrogen and oxygen atoms in total. The monoisotopic (exact) mass is 219 g/mol. The first-order valence-electron chi connectivity index (χ1n) is 4.04. The molecule has 3 N–H and O–H groups in total. The summed E-state index contributed by atoms with van der Waals surface area (Å²) in [7, 11) is -3.41. The highest BCUT2D eigenvalue weighted by Gasteiger charge is 2.23. The van der Waals surface area contributed by atoms with Crippen molar-refractivity contribution >= 4 is 21.5 Å². The molecular weight excluding hydrogens is 206 g/mol. The second kappa shape index (κ2) is 3.49. The van der Waals surface area contributed by atoms with Crippen LogP contribution in [0.2, 0.25) is 0 Å². The topological polar surface area (TPSA) is 98.2 Å². The van der Waals surface area contributed by atoms with Crippen molar-refractivity contribution in [3.8, 4) is 0 Å². The number of sulfone groups is 1. The van der Waals surface area contributed by atoms with Gasteiger partial charge in [-0.3, -0.25) is 0 Å². The van der Waals surface area contributed by atoms with Crippen LogP contribution in [-0.2, 0) is 9.84 Å². The summed E-state index contributed by atoms with van der Waals surface area (Å²) in [6, 6.07) is 0.0556. The maximum Gasteiger partial charge on any atom is 0.243 e. The Morgan fingerprint density at radius 2 is 2.07 bits per heavy atom. The predicted octanol–water partition coefficient (Wildman–Crippen LogP) is 0.481. The first-order valence-corrected chi connectivity index (χ1v) is 5.93. The molecule has 0 aliphatic heterocycles. The summed E-state index contributed by atoms with van der Waals surface area (Å²) in [4.78, 5) is -0.0776. The van der Waals surface area contributed by atoms with Crippen molar-refractivity contribution in [2.45, 2.75) is 24.8 Å². The molecule has 1 aromatic heterocycles. The third kappa shape index (κ3) is 2.16. The summed E-state index contributed by atoms with van der Waals surface area (Å²) in [5.41, 5.74) is 5.35. The van der Waals surface area contributed by atoms with Gasteiger partial charge in [-0.05, 0) is 13.8 Å². The second-order valence-corrected chi connectivity index (χ2v) is 5.25. The molecule has 0 saturated carbocycles. The third-order valence-electron chi connectivity index (χ3n) is 1.47. The average molecular weight is 219 g/mol. The highest BCUT2D eigenvalue weighted by molar-refractivity contribution is 7.91. The van der Waals surface area contributed by atoms with E-state index in [1.165, 1.54) is 0 Å². The molecule has 7 heteroatoms. The van der Waals surface area contributed by atoms with E-state index in [9.17, 15) is 8.42 Å². The van der Waals surface area contributed by atoms with Gasteiger partial charge in [0.05, 0.1) is 0 Å². The number of hydrogen-bond acceptors (Lipinski definition) is 6. The number of nitrogens with one attached hydrogen (secondary N) is 1. The molecule has 1 aromatic rings.